The van der Waals surface area contributed by atoms with E-state index in [1.807, 2.05) is 0 Å². The second-order valence-electron chi connectivity index (χ2n) is 7.38. The Kier molecular flexibility index (Phi) is 7.91. The number of urea groups is 1. The number of anilines is 1. The quantitative estimate of drug-likeness (QED) is 0.540. The van der Waals surface area contributed by atoms with Crippen molar-refractivity contribution in [1.82, 2.24) is 10.6 Å². The van der Waals surface area contributed by atoms with Crippen molar-refractivity contribution >= 4 is 17.6 Å². The summed E-state index contributed by atoms with van der Waals surface area (Å²) in [6.07, 6.45) is 0.0758. The first kappa shape index (κ1) is 22.6. The van der Waals surface area contributed by atoms with Crippen LogP contribution in [-0.4, -0.2) is 41.9 Å². The summed E-state index contributed by atoms with van der Waals surface area (Å²) in [6, 6.07) is 10.4. The number of nitrogens with one attached hydrogen (secondary N) is 3. The molecule has 2 aromatic rings. The number of rotatable bonds is 7. The molecule has 3 rings (SSSR count). The number of amides is 3. The van der Waals surface area contributed by atoms with Gasteiger partial charge in [-0.2, -0.15) is 0 Å². The van der Waals surface area contributed by atoms with Crippen molar-refractivity contribution in [3.8, 4) is 0 Å². The van der Waals surface area contributed by atoms with Crippen LogP contribution in [0.1, 0.15) is 24.8 Å². The van der Waals surface area contributed by atoms with Gasteiger partial charge in [0, 0.05) is 12.2 Å². The summed E-state index contributed by atoms with van der Waals surface area (Å²) in [4.78, 5) is 24.4. The zero-order chi connectivity index (χ0) is 22.2. The molecule has 7 nitrogen and oxygen atoms in total. The van der Waals surface area contributed by atoms with Gasteiger partial charge in [-0.05, 0) is 54.8 Å². The number of carbonyl (C=O) groups is 2. The number of hydrogen-bond donors (Lipinski definition) is 4. The van der Waals surface area contributed by atoms with Gasteiger partial charge in [-0.15, -0.1) is 0 Å². The van der Waals surface area contributed by atoms with Gasteiger partial charge < -0.3 is 25.8 Å². The first-order chi connectivity index (χ1) is 14.9. The summed E-state index contributed by atoms with van der Waals surface area (Å²) in [6.45, 7) is -0.108. The lowest BCUT2D eigenvalue weighted by Crippen LogP contribution is -2.52. The monoisotopic (exact) mass is 433 g/mol. The van der Waals surface area contributed by atoms with Crippen LogP contribution in [0.15, 0.2) is 48.5 Å². The molecule has 9 heteroatoms. The molecule has 31 heavy (non-hydrogen) atoms. The second-order valence-corrected chi connectivity index (χ2v) is 7.38. The average molecular weight is 433 g/mol. The van der Waals surface area contributed by atoms with Crippen LogP contribution < -0.4 is 16.0 Å². The highest BCUT2D eigenvalue weighted by atomic mass is 19.1. The standard InChI is InChI=1S/C22H25F2N3O4/c23-15-4-6-17(7-5-15)26-22(30)27-19-9-8-18(31-20(19)13-28)11-21(29)25-12-14-2-1-3-16(24)10-14/h1-7,10,18-20,28H,8-9,11-13H2,(H,25,29)(H2,26,27,30)/t18-,19-,20+/m0/s1. The highest BCUT2D eigenvalue weighted by Crippen LogP contribution is 2.22. The first-order valence-corrected chi connectivity index (χ1v) is 10.0. The van der Waals surface area contributed by atoms with Gasteiger partial charge in [-0.1, -0.05) is 12.1 Å². The van der Waals surface area contributed by atoms with E-state index in [1.165, 1.54) is 36.4 Å². The summed E-state index contributed by atoms with van der Waals surface area (Å²) in [5.41, 5.74) is 1.09. The fraction of sp³-hybridized carbons (Fsp3) is 0.364. The molecule has 3 atom stereocenters. The van der Waals surface area contributed by atoms with E-state index in [4.69, 9.17) is 4.74 Å². The van der Waals surface area contributed by atoms with Crippen molar-refractivity contribution in [3.05, 3.63) is 65.7 Å². The molecule has 0 saturated carbocycles. The normalized spacial score (nSPS) is 20.7. The topological polar surface area (TPSA) is 99.7 Å². The zero-order valence-corrected chi connectivity index (χ0v) is 16.8. The molecule has 1 saturated heterocycles. The number of benzene rings is 2. The van der Waals surface area contributed by atoms with Crippen molar-refractivity contribution in [2.45, 2.75) is 44.1 Å². The molecule has 3 amide bonds. The fourth-order valence-corrected chi connectivity index (χ4v) is 3.44. The molecule has 4 N–H and O–H groups in total. The minimum atomic E-state index is -0.659. The summed E-state index contributed by atoms with van der Waals surface area (Å²) in [7, 11) is 0. The van der Waals surface area contributed by atoms with Crippen LogP contribution in [0.25, 0.3) is 0 Å². The molecule has 2 aromatic carbocycles. The van der Waals surface area contributed by atoms with E-state index in [9.17, 15) is 23.5 Å². The maximum atomic E-state index is 13.2. The molecule has 1 aliphatic rings. The van der Waals surface area contributed by atoms with Crippen molar-refractivity contribution in [2.75, 3.05) is 11.9 Å². The van der Waals surface area contributed by atoms with Crippen molar-refractivity contribution < 1.29 is 28.2 Å². The predicted molar refractivity (Wildman–Crippen MR) is 110 cm³/mol. The van der Waals surface area contributed by atoms with Gasteiger partial charge in [0.1, 0.15) is 17.7 Å². The Hall–Kier alpha value is -3.04. The Bertz CT molecular complexity index is 895. The Morgan fingerprint density at radius 1 is 1.06 bits per heavy atom. The van der Waals surface area contributed by atoms with Gasteiger partial charge in [0.05, 0.1) is 25.2 Å². The summed E-state index contributed by atoms with van der Waals surface area (Å²) >= 11 is 0. The predicted octanol–water partition coefficient (Wildman–Crippen LogP) is 2.70. The van der Waals surface area contributed by atoms with Gasteiger partial charge in [0.15, 0.2) is 0 Å². The van der Waals surface area contributed by atoms with Crippen LogP contribution in [0, 0.1) is 11.6 Å². The lowest BCUT2D eigenvalue weighted by atomic mass is 9.97. The number of halogens is 2. The Morgan fingerprint density at radius 2 is 1.84 bits per heavy atom. The van der Waals surface area contributed by atoms with Gasteiger partial charge in [-0.25, -0.2) is 13.6 Å². The molecule has 0 radical (unpaired) electrons. The third kappa shape index (κ3) is 7.01. The Balaban J connectivity index is 1.44. The molecule has 1 fully saturated rings. The lowest BCUT2D eigenvalue weighted by Gasteiger charge is -2.35. The van der Waals surface area contributed by atoms with E-state index in [1.54, 1.807) is 12.1 Å². The zero-order valence-electron chi connectivity index (χ0n) is 16.8. The number of hydrogen-bond acceptors (Lipinski definition) is 4. The Labute approximate surface area is 178 Å². The molecular weight excluding hydrogens is 408 g/mol. The van der Waals surface area contributed by atoms with Crippen molar-refractivity contribution in [2.24, 2.45) is 0 Å². The fourth-order valence-electron chi connectivity index (χ4n) is 3.44. The molecule has 0 unspecified atom stereocenters. The number of ether oxygens (including phenoxy) is 1. The second kappa shape index (κ2) is 10.8. The lowest BCUT2D eigenvalue weighted by molar-refractivity contribution is -0.130. The third-order valence-electron chi connectivity index (χ3n) is 5.01. The van der Waals surface area contributed by atoms with Crippen LogP contribution >= 0.6 is 0 Å². The summed E-state index contributed by atoms with van der Waals surface area (Å²) < 4.78 is 32.0. The van der Waals surface area contributed by atoms with E-state index in [0.717, 1.165) is 0 Å². The molecule has 0 bridgehead atoms. The van der Waals surface area contributed by atoms with Gasteiger partial charge in [0.25, 0.3) is 0 Å². The van der Waals surface area contributed by atoms with Gasteiger partial charge in [0.2, 0.25) is 5.91 Å². The van der Waals surface area contributed by atoms with Crippen LogP contribution in [0.5, 0.6) is 0 Å². The molecule has 0 aromatic heterocycles. The highest BCUT2D eigenvalue weighted by Gasteiger charge is 2.32. The summed E-state index contributed by atoms with van der Waals surface area (Å²) in [5, 5.41) is 17.7. The van der Waals surface area contributed by atoms with Gasteiger partial charge >= 0.3 is 6.03 Å². The van der Waals surface area contributed by atoms with E-state index < -0.39 is 30.1 Å². The van der Waals surface area contributed by atoms with Crippen LogP contribution in [0.3, 0.4) is 0 Å². The number of carbonyl (C=O) groups excluding carboxylic acids is 2. The molecule has 1 heterocycles. The Morgan fingerprint density at radius 3 is 2.55 bits per heavy atom. The minimum absolute atomic E-state index is 0.0975. The van der Waals surface area contributed by atoms with Crippen LogP contribution in [-0.2, 0) is 16.1 Å². The molecule has 1 aliphatic heterocycles. The van der Waals surface area contributed by atoms with E-state index in [0.29, 0.717) is 24.1 Å². The maximum absolute atomic E-state index is 13.2. The average Bonchev–Trinajstić information content (AvgIpc) is 2.75. The van der Waals surface area contributed by atoms with Crippen molar-refractivity contribution in [1.29, 1.82) is 0 Å². The number of aliphatic hydroxyl groups excluding tert-OH is 1. The minimum Gasteiger partial charge on any atom is -0.394 e. The maximum Gasteiger partial charge on any atom is 0.319 e. The smallest absolute Gasteiger partial charge is 0.319 e. The molecule has 0 spiro atoms. The first-order valence-electron chi connectivity index (χ1n) is 10.0. The largest absolute Gasteiger partial charge is 0.394 e. The molecule has 0 aliphatic carbocycles. The molecular formula is C22H25F2N3O4. The van der Waals surface area contributed by atoms with E-state index >= 15 is 0 Å². The van der Waals surface area contributed by atoms with Gasteiger partial charge in [-0.3, -0.25) is 4.79 Å². The highest BCUT2D eigenvalue weighted by molar-refractivity contribution is 5.89. The van der Waals surface area contributed by atoms with E-state index in [-0.39, 0.29) is 31.3 Å². The summed E-state index contributed by atoms with van der Waals surface area (Å²) in [5.74, 6) is -1.01. The third-order valence-corrected chi connectivity index (χ3v) is 5.01. The SMILES string of the molecule is O=C(C[C@@H]1CC[C@H](NC(=O)Nc2ccc(F)cc2)[C@@H](CO)O1)NCc1cccc(F)c1. The van der Waals surface area contributed by atoms with Crippen LogP contribution in [0.2, 0.25) is 0 Å². The number of aliphatic hydroxyl groups is 1. The van der Waals surface area contributed by atoms with Crippen molar-refractivity contribution in [3.63, 3.8) is 0 Å². The molecule has 166 valence electrons. The van der Waals surface area contributed by atoms with Crippen LogP contribution in [0.4, 0.5) is 19.3 Å². The van der Waals surface area contributed by atoms with E-state index in [2.05, 4.69) is 16.0 Å².